The van der Waals surface area contributed by atoms with Gasteiger partial charge in [0.1, 0.15) is 5.60 Å². The smallest absolute Gasteiger partial charge is 0.227 e. The molecule has 0 aliphatic heterocycles. The lowest BCUT2D eigenvalue weighted by atomic mass is 9.98. The molecule has 2 rings (SSSR count). The highest BCUT2D eigenvalue weighted by molar-refractivity contribution is 7.10. The molecule has 1 aromatic heterocycles. The quantitative estimate of drug-likeness (QED) is 0.857. The van der Waals surface area contributed by atoms with Crippen LogP contribution in [0.25, 0.3) is 0 Å². The number of aryl methyl sites for hydroxylation is 1. The Morgan fingerprint density at radius 2 is 2.00 bits per heavy atom. The van der Waals surface area contributed by atoms with Crippen molar-refractivity contribution in [2.45, 2.75) is 38.7 Å². The van der Waals surface area contributed by atoms with Crippen molar-refractivity contribution in [3.05, 3.63) is 57.8 Å². The molecule has 118 valence electrons. The van der Waals surface area contributed by atoms with Crippen LogP contribution in [-0.2, 0) is 16.8 Å². The average Bonchev–Trinajstić information content (AvgIpc) is 3.07. The zero-order chi connectivity index (χ0) is 16.2. The van der Waals surface area contributed by atoms with Gasteiger partial charge < -0.3 is 10.4 Å². The Balaban J connectivity index is 1.96. The van der Waals surface area contributed by atoms with Crippen LogP contribution < -0.4 is 5.32 Å². The SMILES string of the molecule is CCc1ccc(C(C)C(=O)NCC(C)(O)c2cccs2)cc1. The Morgan fingerprint density at radius 3 is 2.55 bits per heavy atom. The first kappa shape index (κ1) is 16.7. The van der Waals surface area contributed by atoms with Crippen LogP contribution in [0.3, 0.4) is 0 Å². The Hall–Kier alpha value is -1.65. The van der Waals surface area contributed by atoms with Gasteiger partial charge in [0.05, 0.1) is 12.5 Å². The molecule has 1 aromatic carbocycles. The van der Waals surface area contributed by atoms with Crippen LogP contribution in [0.2, 0.25) is 0 Å². The molecule has 2 aromatic rings. The first-order chi connectivity index (χ1) is 10.4. The number of amides is 1. The Kier molecular flexibility index (Phi) is 5.37. The average molecular weight is 317 g/mol. The van der Waals surface area contributed by atoms with E-state index in [0.717, 1.165) is 16.9 Å². The Bertz CT molecular complexity index is 603. The Morgan fingerprint density at radius 1 is 1.32 bits per heavy atom. The van der Waals surface area contributed by atoms with Gasteiger partial charge in [-0.25, -0.2) is 0 Å². The molecule has 0 bridgehead atoms. The molecule has 0 saturated heterocycles. The predicted molar refractivity (Wildman–Crippen MR) is 91.1 cm³/mol. The fourth-order valence-corrected chi connectivity index (χ4v) is 3.06. The summed E-state index contributed by atoms with van der Waals surface area (Å²) in [7, 11) is 0. The van der Waals surface area contributed by atoms with Gasteiger partial charge in [-0.05, 0) is 42.8 Å². The van der Waals surface area contributed by atoms with E-state index in [0.29, 0.717) is 0 Å². The zero-order valence-corrected chi connectivity index (χ0v) is 14.1. The lowest BCUT2D eigenvalue weighted by Crippen LogP contribution is -2.39. The van der Waals surface area contributed by atoms with E-state index in [1.54, 1.807) is 6.92 Å². The number of rotatable bonds is 6. The van der Waals surface area contributed by atoms with Gasteiger partial charge in [0.15, 0.2) is 0 Å². The van der Waals surface area contributed by atoms with E-state index >= 15 is 0 Å². The molecule has 0 aliphatic carbocycles. The number of carbonyl (C=O) groups excluding carboxylic acids is 1. The summed E-state index contributed by atoms with van der Waals surface area (Å²) in [6.45, 7) is 5.93. The summed E-state index contributed by atoms with van der Waals surface area (Å²) in [5, 5.41) is 15.2. The second-order valence-electron chi connectivity index (χ2n) is 5.79. The molecule has 2 unspecified atom stereocenters. The molecule has 1 heterocycles. The number of nitrogens with one attached hydrogen (secondary N) is 1. The van der Waals surface area contributed by atoms with Gasteiger partial charge in [0.25, 0.3) is 0 Å². The molecule has 22 heavy (non-hydrogen) atoms. The van der Waals surface area contributed by atoms with Crippen molar-refractivity contribution in [2.75, 3.05) is 6.54 Å². The molecule has 1 amide bonds. The van der Waals surface area contributed by atoms with Gasteiger partial charge in [-0.15, -0.1) is 11.3 Å². The molecule has 3 nitrogen and oxygen atoms in total. The summed E-state index contributed by atoms with van der Waals surface area (Å²) in [5.41, 5.74) is 1.22. The van der Waals surface area contributed by atoms with Crippen molar-refractivity contribution in [2.24, 2.45) is 0 Å². The maximum absolute atomic E-state index is 12.3. The lowest BCUT2D eigenvalue weighted by molar-refractivity contribution is -0.123. The number of aliphatic hydroxyl groups is 1. The monoisotopic (exact) mass is 317 g/mol. The van der Waals surface area contributed by atoms with Crippen molar-refractivity contribution in [1.82, 2.24) is 5.32 Å². The third-order valence-corrected chi connectivity index (χ3v) is 5.06. The number of benzene rings is 1. The van der Waals surface area contributed by atoms with E-state index < -0.39 is 5.60 Å². The van der Waals surface area contributed by atoms with E-state index in [9.17, 15) is 9.90 Å². The number of thiophene rings is 1. The minimum absolute atomic E-state index is 0.0684. The largest absolute Gasteiger partial charge is 0.383 e. The first-order valence-corrected chi connectivity index (χ1v) is 8.45. The second kappa shape index (κ2) is 7.07. The summed E-state index contributed by atoms with van der Waals surface area (Å²) in [6, 6.07) is 11.9. The molecular weight excluding hydrogens is 294 g/mol. The fraction of sp³-hybridized carbons (Fsp3) is 0.389. The van der Waals surface area contributed by atoms with E-state index in [1.165, 1.54) is 16.9 Å². The molecule has 0 radical (unpaired) electrons. The number of carbonyl (C=O) groups is 1. The lowest BCUT2D eigenvalue weighted by Gasteiger charge is -2.23. The van der Waals surface area contributed by atoms with Gasteiger partial charge >= 0.3 is 0 Å². The molecule has 0 saturated carbocycles. The number of hydrogen-bond acceptors (Lipinski definition) is 3. The third-order valence-electron chi connectivity index (χ3n) is 3.94. The van der Waals surface area contributed by atoms with Crippen LogP contribution in [0.5, 0.6) is 0 Å². The van der Waals surface area contributed by atoms with E-state index in [-0.39, 0.29) is 18.4 Å². The van der Waals surface area contributed by atoms with Crippen molar-refractivity contribution < 1.29 is 9.90 Å². The van der Waals surface area contributed by atoms with Gasteiger partial charge in [0.2, 0.25) is 5.91 Å². The summed E-state index contributed by atoms with van der Waals surface area (Å²) in [6.07, 6.45) is 0.991. The van der Waals surface area contributed by atoms with Crippen LogP contribution >= 0.6 is 11.3 Å². The van der Waals surface area contributed by atoms with Crippen molar-refractivity contribution in [3.63, 3.8) is 0 Å². The van der Waals surface area contributed by atoms with Gasteiger partial charge in [-0.1, -0.05) is 37.3 Å². The van der Waals surface area contributed by atoms with Crippen LogP contribution in [0.4, 0.5) is 0 Å². The second-order valence-corrected chi connectivity index (χ2v) is 6.73. The standard InChI is InChI=1S/C18H23NO2S/c1-4-14-7-9-15(10-8-14)13(2)17(20)19-12-18(3,21)16-6-5-11-22-16/h5-11,13,21H,4,12H2,1-3H3,(H,19,20). The highest BCUT2D eigenvalue weighted by atomic mass is 32.1. The summed E-state index contributed by atoms with van der Waals surface area (Å²) < 4.78 is 0. The van der Waals surface area contributed by atoms with Gasteiger partial charge in [0, 0.05) is 4.88 Å². The van der Waals surface area contributed by atoms with E-state index in [2.05, 4.69) is 24.4 Å². The highest BCUT2D eigenvalue weighted by Gasteiger charge is 2.26. The summed E-state index contributed by atoms with van der Waals surface area (Å²) in [5.74, 6) is -0.300. The topological polar surface area (TPSA) is 49.3 Å². The van der Waals surface area contributed by atoms with Crippen LogP contribution in [0, 0.1) is 0 Å². The van der Waals surface area contributed by atoms with Gasteiger partial charge in [-0.3, -0.25) is 4.79 Å². The molecule has 0 aliphatic rings. The zero-order valence-electron chi connectivity index (χ0n) is 13.3. The van der Waals surface area contributed by atoms with Crippen molar-refractivity contribution in [3.8, 4) is 0 Å². The summed E-state index contributed by atoms with van der Waals surface area (Å²) in [4.78, 5) is 13.1. The highest BCUT2D eigenvalue weighted by Crippen LogP contribution is 2.25. The minimum Gasteiger partial charge on any atom is -0.383 e. The molecular formula is C18H23NO2S. The molecule has 2 atom stereocenters. The fourth-order valence-electron chi connectivity index (χ4n) is 2.28. The minimum atomic E-state index is -1.03. The van der Waals surface area contributed by atoms with Crippen LogP contribution in [-0.4, -0.2) is 17.6 Å². The first-order valence-electron chi connectivity index (χ1n) is 7.57. The van der Waals surface area contributed by atoms with E-state index in [1.807, 2.05) is 36.6 Å². The number of hydrogen-bond donors (Lipinski definition) is 2. The maximum Gasteiger partial charge on any atom is 0.227 e. The predicted octanol–water partition coefficient (Wildman–Crippen LogP) is 3.44. The van der Waals surface area contributed by atoms with Gasteiger partial charge in [-0.2, -0.15) is 0 Å². The van der Waals surface area contributed by atoms with Crippen LogP contribution in [0.15, 0.2) is 41.8 Å². The third kappa shape index (κ3) is 3.96. The Labute approximate surface area is 136 Å². The molecule has 2 N–H and O–H groups in total. The van der Waals surface area contributed by atoms with Crippen molar-refractivity contribution >= 4 is 17.2 Å². The van der Waals surface area contributed by atoms with Crippen molar-refractivity contribution in [1.29, 1.82) is 0 Å². The summed E-state index contributed by atoms with van der Waals surface area (Å²) >= 11 is 1.49. The maximum atomic E-state index is 12.3. The van der Waals surface area contributed by atoms with E-state index in [4.69, 9.17) is 0 Å². The van der Waals surface area contributed by atoms with Crippen LogP contribution in [0.1, 0.15) is 42.7 Å². The molecule has 4 heteroatoms. The molecule has 0 fully saturated rings. The molecule has 0 spiro atoms. The normalized spacial score (nSPS) is 15.1.